The molecule has 8 rings (SSSR count). The van der Waals surface area contributed by atoms with Gasteiger partial charge in [-0.05, 0) is 101 Å². The molecule has 1 unspecified atom stereocenters. The number of allylic oxidation sites excluding steroid dienone is 2. The number of hydrogen-bond acceptors (Lipinski definition) is 13. The van der Waals surface area contributed by atoms with E-state index in [2.05, 4.69) is 48.6 Å². The monoisotopic (exact) mass is 996 g/mol. The number of aromatic nitrogens is 2. The first-order valence-electron chi connectivity index (χ1n) is 24.8. The number of likely N-dealkylation sites (N-methyl/N-ethyl adjacent to an activating group) is 1. The molecule has 4 aliphatic rings. The molecule has 4 heterocycles. The number of unbranched alkanes of at least 4 members (excludes halogenated alkanes) is 3. The number of primary amides is 1. The molecule has 376 valence electrons. The van der Waals surface area contributed by atoms with Crippen molar-refractivity contribution in [2.45, 2.75) is 121 Å². The Balaban J connectivity index is 0.956. The number of fused-ring (bicyclic) bond motifs is 1. The molecular weight excluding hydrogens is 929 g/mol. The van der Waals surface area contributed by atoms with Crippen LogP contribution in [0, 0.1) is 18.8 Å². The molecule has 6 atom stereocenters. The average molecular weight is 997 g/mol. The number of anilines is 1. The van der Waals surface area contributed by atoms with Crippen molar-refractivity contribution < 1.29 is 37.1 Å². The van der Waals surface area contributed by atoms with Crippen LogP contribution < -0.4 is 26.0 Å². The lowest BCUT2D eigenvalue weighted by Crippen LogP contribution is -2.49. The maximum absolute atomic E-state index is 14.9. The molecule has 2 saturated heterocycles. The minimum Gasteiger partial charge on any atom is -0.496 e. The Bertz CT molecular complexity index is 2610. The van der Waals surface area contributed by atoms with Gasteiger partial charge in [-0.3, -0.25) is 19.2 Å². The second-order valence-electron chi connectivity index (χ2n) is 19.7. The maximum atomic E-state index is 14.9. The molecule has 2 aromatic carbocycles. The first-order chi connectivity index (χ1) is 33.7. The molecule has 2 aliphatic carbocycles. The van der Waals surface area contributed by atoms with Crippen molar-refractivity contribution in [2.75, 3.05) is 51.7 Å². The number of rotatable bonds is 22. The van der Waals surface area contributed by atoms with E-state index in [-0.39, 0.29) is 53.2 Å². The Kier molecular flexibility index (Phi) is 16.3. The second-order valence-corrected chi connectivity index (χ2v) is 22.2. The van der Waals surface area contributed by atoms with E-state index in [0.29, 0.717) is 59.9 Å². The number of thiazole rings is 1. The summed E-state index contributed by atoms with van der Waals surface area (Å²) in [6.45, 7) is 14.2. The number of nitrogens with zero attached hydrogens (tertiary/aromatic N) is 5. The molecule has 16 nitrogen and oxygen atoms in total. The van der Waals surface area contributed by atoms with Crippen LogP contribution in [0.25, 0.3) is 21.6 Å². The fourth-order valence-electron chi connectivity index (χ4n) is 9.29. The number of hydrogen-bond donors (Lipinski definition) is 3. The minimum atomic E-state index is -1.54. The summed E-state index contributed by atoms with van der Waals surface area (Å²) in [7, 11) is 1.63. The van der Waals surface area contributed by atoms with E-state index < -0.39 is 35.2 Å². The van der Waals surface area contributed by atoms with Crippen LogP contribution in [0.2, 0.25) is 0 Å². The summed E-state index contributed by atoms with van der Waals surface area (Å²) >= 11 is -0.0188. The van der Waals surface area contributed by atoms with Gasteiger partial charge in [0.1, 0.15) is 40.4 Å². The normalized spacial score (nSPS) is 21.8. The van der Waals surface area contributed by atoms with Crippen molar-refractivity contribution >= 4 is 62.6 Å². The van der Waals surface area contributed by atoms with Gasteiger partial charge in [0, 0.05) is 72.2 Å². The van der Waals surface area contributed by atoms with Gasteiger partial charge < -0.3 is 35.2 Å². The number of piperazine rings is 1. The molecular formula is C52H68N8O8S2. The van der Waals surface area contributed by atoms with Crippen LogP contribution >= 0.6 is 11.3 Å². The van der Waals surface area contributed by atoms with Crippen LogP contribution in [-0.2, 0) is 29.7 Å². The Labute approximate surface area is 417 Å². The van der Waals surface area contributed by atoms with E-state index in [9.17, 15) is 23.4 Å². The Hall–Kier alpha value is -5.43. The van der Waals surface area contributed by atoms with Crippen molar-refractivity contribution in [1.29, 1.82) is 0 Å². The number of amides is 4. The number of carbonyl (C=O) groups excluding carboxylic acids is 4. The van der Waals surface area contributed by atoms with Crippen LogP contribution in [0.5, 0.6) is 11.5 Å². The van der Waals surface area contributed by atoms with Crippen LogP contribution in [0.4, 0.5) is 5.69 Å². The van der Waals surface area contributed by atoms with Crippen molar-refractivity contribution in [2.24, 2.45) is 17.6 Å². The lowest BCUT2D eigenvalue weighted by Gasteiger charge is -2.34. The van der Waals surface area contributed by atoms with Gasteiger partial charge >= 0.3 is 0 Å². The molecule has 18 heteroatoms. The van der Waals surface area contributed by atoms with Gasteiger partial charge in [-0.15, -0.1) is 11.3 Å². The van der Waals surface area contributed by atoms with Gasteiger partial charge in [-0.25, -0.2) is 19.7 Å². The molecule has 4 fully saturated rings. The third-order valence-corrected chi connectivity index (χ3v) is 16.6. The van der Waals surface area contributed by atoms with Gasteiger partial charge in [-0.1, -0.05) is 51.8 Å². The molecule has 4 aromatic rings. The smallest absolute Gasteiger partial charge is 0.254 e. The van der Waals surface area contributed by atoms with Crippen LogP contribution in [0.3, 0.4) is 0 Å². The highest BCUT2D eigenvalue weighted by atomic mass is 32.2. The molecule has 2 aromatic heterocycles. The average Bonchev–Trinajstić information content (AvgIpc) is 4.19. The third kappa shape index (κ3) is 12.0. The molecule has 2 aliphatic heterocycles. The van der Waals surface area contributed by atoms with Gasteiger partial charge in [0.15, 0.2) is 11.1 Å². The zero-order valence-corrected chi connectivity index (χ0v) is 42.9. The topological polar surface area (TPSA) is 199 Å². The summed E-state index contributed by atoms with van der Waals surface area (Å²) in [5, 5.41) is 7.04. The quantitative estimate of drug-likeness (QED) is 0.0404. The van der Waals surface area contributed by atoms with Crippen molar-refractivity contribution in [3.63, 3.8) is 0 Å². The predicted octanol–water partition coefficient (Wildman–Crippen LogP) is 7.30. The molecule has 0 bridgehead atoms. The summed E-state index contributed by atoms with van der Waals surface area (Å²) in [5.41, 5.74) is 12.8. The van der Waals surface area contributed by atoms with E-state index in [1.165, 1.54) is 11.3 Å². The van der Waals surface area contributed by atoms with Crippen LogP contribution in [0.15, 0.2) is 60.0 Å². The van der Waals surface area contributed by atoms with E-state index in [1.807, 2.05) is 54.5 Å². The predicted molar refractivity (Wildman–Crippen MR) is 273 cm³/mol. The van der Waals surface area contributed by atoms with Crippen molar-refractivity contribution in [1.82, 2.24) is 30.1 Å². The summed E-state index contributed by atoms with van der Waals surface area (Å²) in [4.78, 5) is 70.1. The molecule has 0 spiro atoms. The lowest BCUT2D eigenvalue weighted by molar-refractivity contribution is -0.138. The van der Waals surface area contributed by atoms with Gasteiger partial charge in [0.25, 0.3) is 5.91 Å². The highest BCUT2D eigenvalue weighted by Crippen LogP contribution is 2.43. The van der Waals surface area contributed by atoms with E-state index >= 15 is 0 Å². The molecule has 0 radical (unpaired) electrons. The zero-order chi connectivity index (χ0) is 49.7. The number of ether oxygens (including phenoxy) is 2. The maximum Gasteiger partial charge on any atom is 0.254 e. The van der Waals surface area contributed by atoms with E-state index in [1.54, 1.807) is 24.1 Å². The highest BCUT2D eigenvalue weighted by molar-refractivity contribution is 7.82. The number of aryl methyl sites for hydroxylation is 1. The minimum absolute atomic E-state index is 0.0507. The van der Waals surface area contributed by atoms with Gasteiger partial charge in [0.05, 0.1) is 29.6 Å². The number of pyridine rings is 1. The molecule has 4 amide bonds. The van der Waals surface area contributed by atoms with Gasteiger partial charge in [-0.2, -0.15) is 4.28 Å². The summed E-state index contributed by atoms with van der Waals surface area (Å²) in [6, 6.07) is 11.3. The fourth-order valence-corrected chi connectivity index (χ4v) is 11.0. The second kappa shape index (κ2) is 22.3. The number of benzene rings is 2. The number of methoxy groups -OCH3 is 1. The number of hydroxylamine groups is 1. The number of likely N-dealkylation sites (tertiary alicyclic amines) is 1. The first kappa shape index (κ1) is 50.9. The number of nitrogens with two attached hydrogens (primary N) is 1. The van der Waals surface area contributed by atoms with Gasteiger partial charge in [0.2, 0.25) is 17.7 Å². The molecule has 70 heavy (non-hydrogen) atoms. The fraction of sp³-hybridized carbons (Fsp3) is 0.538. The first-order valence-corrected chi connectivity index (χ1v) is 26.8. The number of carbonyl (C=O) groups is 4. The van der Waals surface area contributed by atoms with E-state index in [0.717, 1.165) is 79.8 Å². The largest absolute Gasteiger partial charge is 0.496 e. The standard InChI is InChI=1S/C52H68N8O8S2/c1-7-58-22-24-59(25-23-58)50(63)35-15-13-16-36(26-35)54-40(17-12-10-8-9-11-14-34-27-39(34)48(62)57-68-70(65)52(5)20-21-52)51(64)60-30-37(28-43(60)47(53)61)67-45-29-41(49-56-42(31-69-49)32(2)3)55-46-33(4)44(66-6)19-18-38(45)46/h11,13-16,18-19,26,29,31-32,34,37,39-40,43,54H,7-10,12,17,20-25,27-28,30H2,1-6H3,(H2,53,61)(H,57,62)/b14-11-/t34-,37-,39+,40+,43+,70?/m1/s1. The Morgan fingerprint density at radius 1 is 1.01 bits per heavy atom. The van der Waals surface area contributed by atoms with Crippen molar-refractivity contribution in [3.8, 4) is 22.2 Å². The number of nitrogens with one attached hydrogen (secondary N) is 2. The Morgan fingerprint density at radius 3 is 2.50 bits per heavy atom. The lowest BCUT2D eigenvalue weighted by atomic mass is 10.0. The van der Waals surface area contributed by atoms with Crippen LogP contribution in [0.1, 0.15) is 113 Å². The SMILES string of the molecule is CCN1CCN(C(=O)c2cccc(N[C@@H](CCCCC/C=C\[C@@H]3C[C@@H]3C(=O)NOS(=O)C3(C)CC3)C(=O)N3C[C@H](Oc4cc(-c5nc(C(C)C)cs5)nc5c(C)c(OC)ccc45)C[C@H]3C(N)=O)c2)CC1. The summed E-state index contributed by atoms with van der Waals surface area (Å²) in [5.74, 6) is 0.251. The third-order valence-electron chi connectivity index (χ3n) is 14.2. The van der Waals surface area contributed by atoms with E-state index in [4.69, 9.17) is 29.5 Å². The molecule has 4 N–H and O–H groups in total. The zero-order valence-electron chi connectivity index (χ0n) is 41.2. The van der Waals surface area contributed by atoms with Crippen molar-refractivity contribution in [3.05, 3.63) is 76.8 Å². The highest BCUT2D eigenvalue weighted by Gasteiger charge is 2.47. The summed E-state index contributed by atoms with van der Waals surface area (Å²) in [6.07, 6.45) is 9.86. The molecule has 2 saturated carbocycles. The van der Waals surface area contributed by atoms with Crippen LogP contribution in [-0.4, -0.2) is 122 Å². The Morgan fingerprint density at radius 2 is 1.80 bits per heavy atom. The summed E-state index contributed by atoms with van der Waals surface area (Å²) < 4.78 is 29.5.